The predicted molar refractivity (Wildman–Crippen MR) is 123 cm³/mol. The van der Waals surface area contributed by atoms with Crippen LogP contribution in [0.2, 0.25) is 0 Å². The van der Waals surface area contributed by atoms with Gasteiger partial charge in [-0.2, -0.15) is 0 Å². The van der Waals surface area contributed by atoms with Crippen LogP contribution in [0.3, 0.4) is 0 Å². The van der Waals surface area contributed by atoms with Crippen LogP contribution in [0.25, 0.3) is 11.3 Å². The number of aromatic nitrogens is 1. The number of methoxy groups -OCH3 is 2. The van der Waals surface area contributed by atoms with Gasteiger partial charge in [0.2, 0.25) is 0 Å². The van der Waals surface area contributed by atoms with E-state index in [9.17, 15) is 9.59 Å². The number of rotatable bonds is 7. The molecule has 32 heavy (non-hydrogen) atoms. The summed E-state index contributed by atoms with van der Waals surface area (Å²) in [4.78, 5) is 31.1. The summed E-state index contributed by atoms with van der Waals surface area (Å²) in [5, 5.41) is 5.09. The number of nitrogens with zero attached hydrogens (tertiary/aromatic N) is 2. The second kappa shape index (κ2) is 9.11. The Balaban J connectivity index is 1.56. The van der Waals surface area contributed by atoms with Gasteiger partial charge < -0.3 is 19.1 Å². The number of anilines is 2. The van der Waals surface area contributed by atoms with Crippen LogP contribution in [0.1, 0.15) is 10.4 Å². The highest BCUT2D eigenvalue weighted by Gasteiger charge is 2.25. The normalized spacial score (nSPS) is 12.6. The highest BCUT2D eigenvalue weighted by molar-refractivity contribution is 7.14. The number of benzene rings is 2. The number of amides is 2. The number of hydrogen-bond acceptors (Lipinski definition) is 7. The molecule has 4 rings (SSSR count). The molecule has 0 aliphatic carbocycles. The van der Waals surface area contributed by atoms with Gasteiger partial charge in [-0.3, -0.25) is 14.9 Å². The zero-order valence-electron chi connectivity index (χ0n) is 17.6. The fourth-order valence-electron chi connectivity index (χ4n) is 3.26. The summed E-state index contributed by atoms with van der Waals surface area (Å²) in [5.74, 6) is 1.21. The second-order valence-electron chi connectivity index (χ2n) is 6.86. The van der Waals surface area contributed by atoms with E-state index in [1.54, 1.807) is 29.2 Å². The lowest BCUT2D eigenvalue weighted by molar-refractivity contribution is -0.121. The minimum Gasteiger partial charge on any atom is -0.497 e. The summed E-state index contributed by atoms with van der Waals surface area (Å²) in [7, 11) is 3.05. The van der Waals surface area contributed by atoms with Crippen LogP contribution in [0.4, 0.5) is 10.8 Å². The van der Waals surface area contributed by atoms with Crippen LogP contribution in [-0.4, -0.2) is 44.2 Å². The van der Waals surface area contributed by atoms with Gasteiger partial charge in [0.25, 0.3) is 11.8 Å². The number of carbonyl (C=O) groups is 2. The topological polar surface area (TPSA) is 90.0 Å². The largest absolute Gasteiger partial charge is 0.497 e. The molecule has 0 bridgehead atoms. The van der Waals surface area contributed by atoms with Crippen molar-refractivity contribution in [2.45, 2.75) is 0 Å². The SMILES string of the molecule is C=CCN1C(=O)COc2ccc(-c3csc(NC(=O)c4cc(OC)cc(OC)c4)n3)cc21. The maximum atomic E-state index is 12.7. The molecule has 164 valence electrons. The van der Waals surface area contributed by atoms with Crippen LogP contribution in [0.15, 0.2) is 54.4 Å². The van der Waals surface area contributed by atoms with Crippen LogP contribution in [0, 0.1) is 0 Å². The fraction of sp³-hybridized carbons (Fsp3) is 0.174. The van der Waals surface area contributed by atoms with Crippen molar-refractivity contribution in [3.63, 3.8) is 0 Å². The molecule has 0 saturated heterocycles. The highest BCUT2D eigenvalue weighted by atomic mass is 32.1. The molecular weight excluding hydrogens is 430 g/mol. The molecule has 8 nitrogen and oxygen atoms in total. The zero-order valence-corrected chi connectivity index (χ0v) is 18.4. The molecule has 0 fully saturated rings. The molecule has 0 atom stereocenters. The maximum Gasteiger partial charge on any atom is 0.265 e. The van der Waals surface area contributed by atoms with E-state index in [0.29, 0.717) is 45.9 Å². The monoisotopic (exact) mass is 451 g/mol. The van der Waals surface area contributed by atoms with E-state index < -0.39 is 0 Å². The molecule has 0 saturated carbocycles. The van der Waals surface area contributed by atoms with Crippen molar-refractivity contribution in [3.05, 3.63) is 60.0 Å². The van der Waals surface area contributed by atoms with Crippen molar-refractivity contribution in [2.24, 2.45) is 0 Å². The van der Waals surface area contributed by atoms with Crippen molar-refractivity contribution in [1.82, 2.24) is 4.98 Å². The highest BCUT2D eigenvalue weighted by Crippen LogP contribution is 2.37. The van der Waals surface area contributed by atoms with Gasteiger partial charge in [0, 0.05) is 29.1 Å². The summed E-state index contributed by atoms with van der Waals surface area (Å²) in [6, 6.07) is 10.5. The molecule has 1 aromatic heterocycles. The standard InChI is InChI=1S/C23H21N3O5S/c1-4-7-26-19-10-14(5-6-20(19)31-12-21(26)27)18-13-32-23(24-18)25-22(28)15-8-16(29-2)11-17(9-15)30-3/h4-6,8-11,13H,1,7,12H2,2-3H3,(H,24,25,28). The van der Waals surface area contributed by atoms with E-state index in [2.05, 4.69) is 16.9 Å². The fourth-order valence-corrected chi connectivity index (χ4v) is 3.98. The predicted octanol–water partition coefficient (Wildman–Crippen LogP) is 3.99. The zero-order chi connectivity index (χ0) is 22.7. The first-order valence-corrected chi connectivity index (χ1v) is 10.6. The molecule has 3 aromatic rings. The van der Waals surface area contributed by atoms with Crippen LogP contribution < -0.4 is 24.4 Å². The minimum absolute atomic E-state index is 0.00211. The average molecular weight is 452 g/mol. The van der Waals surface area contributed by atoms with Gasteiger partial charge in [0.15, 0.2) is 11.7 Å². The molecule has 0 unspecified atom stereocenters. The first kappa shape index (κ1) is 21.4. The lowest BCUT2D eigenvalue weighted by Gasteiger charge is -2.28. The third-order valence-electron chi connectivity index (χ3n) is 4.85. The Bertz CT molecular complexity index is 1170. The molecule has 1 aliphatic heterocycles. The van der Waals surface area contributed by atoms with Crippen molar-refractivity contribution in [2.75, 3.05) is 37.6 Å². The molecule has 0 spiro atoms. The summed E-state index contributed by atoms with van der Waals surface area (Å²) in [6.45, 7) is 4.11. The van der Waals surface area contributed by atoms with Gasteiger partial charge in [0.1, 0.15) is 17.2 Å². The summed E-state index contributed by atoms with van der Waals surface area (Å²) in [6.07, 6.45) is 1.67. The summed E-state index contributed by atoms with van der Waals surface area (Å²) in [5.41, 5.74) is 2.53. The van der Waals surface area contributed by atoms with Gasteiger partial charge in [-0.25, -0.2) is 4.98 Å². The maximum absolute atomic E-state index is 12.7. The molecule has 0 radical (unpaired) electrons. The molecular formula is C23H21N3O5S. The number of thiazole rings is 1. The van der Waals surface area contributed by atoms with E-state index in [4.69, 9.17) is 14.2 Å². The third kappa shape index (κ3) is 4.28. The van der Waals surface area contributed by atoms with Gasteiger partial charge in [-0.15, -0.1) is 17.9 Å². The van der Waals surface area contributed by atoms with Crippen LogP contribution >= 0.6 is 11.3 Å². The van der Waals surface area contributed by atoms with Crippen molar-refractivity contribution in [3.8, 4) is 28.5 Å². The van der Waals surface area contributed by atoms with Gasteiger partial charge >= 0.3 is 0 Å². The number of carbonyl (C=O) groups excluding carboxylic acids is 2. The molecule has 2 amide bonds. The Morgan fingerprint density at radius 1 is 1.25 bits per heavy atom. The molecule has 9 heteroatoms. The lowest BCUT2D eigenvalue weighted by Crippen LogP contribution is -2.38. The Kier molecular flexibility index (Phi) is 6.09. The van der Waals surface area contributed by atoms with Crippen LogP contribution in [-0.2, 0) is 4.79 Å². The lowest BCUT2D eigenvalue weighted by atomic mass is 10.1. The molecule has 1 N–H and O–H groups in total. The Hall–Kier alpha value is -3.85. The van der Waals surface area contributed by atoms with Crippen molar-refractivity contribution >= 4 is 34.0 Å². The van der Waals surface area contributed by atoms with E-state index >= 15 is 0 Å². The van der Waals surface area contributed by atoms with E-state index in [1.807, 2.05) is 23.6 Å². The number of ether oxygens (including phenoxy) is 3. The number of hydrogen-bond donors (Lipinski definition) is 1. The van der Waals surface area contributed by atoms with E-state index in [0.717, 1.165) is 5.56 Å². The van der Waals surface area contributed by atoms with Gasteiger partial charge in [0.05, 0.1) is 25.6 Å². The quantitative estimate of drug-likeness (QED) is 0.547. The third-order valence-corrected chi connectivity index (χ3v) is 5.61. The van der Waals surface area contributed by atoms with Gasteiger partial charge in [-0.1, -0.05) is 6.08 Å². The second-order valence-corrected chi connectivity index (χ2v) is 7.72. The van der Waals surface area contributed by atoms with E-state index in [-0.39, 0.29) is 18.4 Å². The Morgan fingerprint density at radius 3 is 2.69 bits per heavy atom. The average Bonchev–Trinajstić information content (AvgIpc) is 3.28. The number of nitrogens with one attached hydrogen (secondary N) is 1. The first-order chi connectivity index (χ1) is 15.5. The molecule has 2 heterocycles. The minimum atomic E-state index is -0.329. The smallest absolute Gasteiger partial charge is 0.265 e. The van der Waals surface area contributed by atoms with Crippen molar-refractivity contribution in [1.29, 1.82) is 0 Å². The Morgan fingerprint density at radius 2 is 2.00 bits per heavy atom. The summed E-state index contributed by atoms with van der Waals surface area (Å²) >= 11 is 1.30. The van der Waals surface area contributed by atoms with Gasteiger partial charge in [-0.05, 0) is 30.3 Å². The molecule has 1 aliphatic rings. The van der Waals surface area contributed by atoms with E-state index in [1.165, 1.54) is 25.6 Å². The Labute approximate surface area is 189 Å². The number of fused-ring (bicyclic) bond motifs is 1. The molecule has 2 aromatic carbocycles. The first-order valence-electron chi connectivity index (χ1n) is 9.71. The van der Waals surface area contributed by atoms with Crippen molar-refractivity contribution < 1.29 is 23.8 Å². The van der Waals surface area contributed by atoms with Crippen LogP contribution in [0.5, 0.6) is 17.2 Å². The summed E-state index contributed by atoms with van der Waals surface area (Å²) < 4.78 is 16.0.